The van der Waals surface area contributed by atoms with Crippen molar-refractivity contribution in [1.82, 2.24) is 5.32 Å². The van der Waals surface area contributed by atoms with E-state index in [4.69, 9.17) is 9.47 Å². The highest BCUT2D eigenvalue weighted by atomic mass is 79.9. The van der Waals surface area contributed by atoms with Crippen LogP contribution in [-0.2, 0) is 13.2 Å². The first-order chi connectivity index (χ1) is 13.7. The van der Waals surface area contributed by atoms with Crippen LogP contribution in [0.3, 0.4) is 0 Å². The fourth-order valence-corrected chi connectivity index (χ4v) is 4.07. The predicted molar refractivity (Wildman–Crippen MR) is 114 cm³/mol. The highest BCUT2D eigenvalue weighted by Gasteiger charge is 2.15. The van der Waals surface area contributed by atoms with Crippen molar-refractivity contribution in [3.63, 3.8) is 0 Å². The van der Waals surface area contributed by atoms with Gasteiger partial charge in [0.15, 0.2) is 11.5 Å². The number of ether oxygens (including phenoxy) is 2. The van der Waals surface area contributed by atoms with E-state index in [1.54, 1.807) is 12.1 Å². The summed E-state index contributed by atoms with van der Waals surface area (Å²) in [5.74, 6) is 1.05. The molecule has 152 valence electrons. The second-order valence-corrected chi connectivity index (χ2v) is 8.13. The fraction of sp³-hybridized carbons (Fsp3) is 0.478. The third kappa shape index (κ3) is 5.95. The second-order valence-electron chi connectivity index (χ2n) is 7.27. The molecular weight excluding hydrogens is 421 g/mol. The molecule has 0 amide bonds. The minimum absolute atomic E-state index is 0.166. The Morgan fingerprint density at radius 2 is 1.71 bits per heavy atom. The minimum Gasteiger partial charge on any atom is -0.490 e. The maximum atomic E-state index is 13.9. The van der Waals surface area contributed by atoms with Crippen molar-refractivity contribution in [2.75, 3.05) is 6.61 Å². The Balaban J connectivity index is 1.69. The molecule has 2 aromatic carbocycles. The van der Waals surface area contributed by atoms with Crippen molar-refractivity contribution in [2.24, 2.45) is 0 Å². The van der Waals surface area contributed by atoms with Gasteiger partial charge in [0.2, 0.25) is 0 Å². The van der Waals surface area contributed by atoms with Crippen LogP contribution in [0.5, 0.6) is 11.5 Å². The summed E-state index contributed by atoms with van der Waals surface area (Å²) in [4.78, 5) is 0. The normalized spacial score (nSPS) is 15.2. The van der Waals surface area contributed by atoms with Crippen molar-refractivity contribution < 1.29 is 13.9 Å². The van der Waals surface area contributed by atoms with Gasteiger partial charge in [0, 0.05) is 22.6 Å². The highest BCUT2D eigenvalue weighted by Crippen LogP contribution is 2.35. The van der Waals surface area contributed by atoms with Crippen LogP contribution in [0.2, 0.25) is 0 Å². The molecule has 28 heavy (non-hydrogen) atoms. The van der Waals surface area contributed by atoms with Gasteiger partial charge in [0.1, 0.15) is 12.4 Å². The van der Waals surface area contributed by atoms with Crippen molar-refractivity contribution in [2.45, 2.75) is 64.6 Å². The van der Waals surface area contributed by atoms with Crippen LogP contribution >= 0.6 is 15.9 Å². The van der Waals surface area contributed by atoms with E-state index in [1.165, 1.54) is 44.6 Å². The Morgan fingerprint density at radius 1 is 1.00 bits per heavy atom. The zero-order valence-electron chi connectivity index (χ0n) is 16.5. The molecule has 2 aromatic rings. The standard InChI is InChI=1S/C23H29BrFNO2/c1-2-27-22-13-18(15-26-19-10-5-3-4-6-11-19)20(24)14-23(22)28-16-17-9-7-8-12-21(17)25/h7-9,12-14,19,26H,2-6,10-11,15-16H2,1H3. The van der Waals surface area contributed by atoms with Gasteiger partial charge in [-0.25, -0.2) is 4.39 Å². The largest absolute Gasteiger partial charge is 0.490 e. The average molecular weight is 450 g/mol. The first-order valence-electron chi connectivity index (χ1n) is 10.2. The minimum atomic E-state index is -0.260. The number of benzene rings is 2. The first-order valence-corrected chi connectivity index (χ1v) is 11.0. The quantitative estimate of drug-likeness (QED) is 0.474. The van der Waals surface area contributed by atoms with Gasteiger partial charge >= 0.3 is 0 Å². The van der Waals surface area contributed by atoms with E-state index >= 15 is 0 Å². The molecule has 0 saturated heterocycles. The molecule has 0 unspecified atom stereocenters. The van der Waals surface area contributed by atoms with Crippen molar-refractivity contribution >= 4 is 15.9 Å². The summed E-state index contributed by atoms with van der Waals surface area (Å²) in [5.41, 5.74) is 1.67. The summed E-state index contributed by atoms with van der Waals surface area (Å²) >= 11 is 3.66. The molecule has 1 N–H and O–H groups in total. The maximum absolute atomic E-state index is 13.9. The number of hydrogen-bond acceptors (Lipinski definition) is 3. The third-order valence-electron chi connectivity index (χ3n) is 5.19. The number of hydrogen-bond donors (Lipinski definition) is 1. The molecule has 0 bridgehead atoms. The molecule has 0 atom stereocenters. The van der Waals surface area contributed by atoms with Crippen LogP contribution < -0.4 is 14.8 Å². The van der Waals surface area contributed by atoms with E-state index in [1.807, 2.05) is 25.1 Å². The van der Waals surface area contributed by atoms with Crippen LogP contribution in [0.15, 0.2) is 40.9 Å². The molecule has 3 nitrogen and oxygen atoms in total. The van der Waals surface area contributed by atoms with Crippen LogP contribution in [0, 0.1) is 5.82 Å². The Labute approximate surface area is 175 Å². The lowest BCUT2D eigenvalue weighted by Gasteiger charge is -2.19. The van der Waals surface area contributed by atoms with Gasteiger partial charge < -0.3 is 14.8 Å². The molecule has 0 heterocycles. The summed E-state index contributed by atoms with van der Waals surface area (Å²) in [7, 11) is 0. The molecule has 1 saturated carbocycles. The molecule has 0 aromatic heterocycles. The zero-order chi connectivity index (χ0) is 19.8. The predicted octanol–water partition coefficient (Wildman–Crippen LogP) is 6.38. The number of halogens is 2. The molecule has 0 radical (unpaired) electrons. The lowest BCUT2D eigenvalue weighted by molar-refractivity contribution is 0.265. The topological polar surface area (TPSA) is 30.5 Å². The monoisotopic (exact) mass is 449 g/mol. The van der Waals surface area contributed by atoms with Crippen LogP contribution in [0.4, 0.5) is 4.39 Å². The number of rotatable bonds is 8. The molecule has 5 heteroatoms. The SMILES string of the molecule is CCOc1cc(CNC2CCCCCC2)c(Br)cc1OCc1ccccc1F. The summed E-state index contributed by atoms with van der Waals surface area (Å²) in [5, 5.41) is 3.70. The molecule has 1 aliphatic rings. The smallest absolute Gasteiger partial charge is 0.162 e. The summed E-state index contributed by atoms with van der Waals surface area (Å²) in [6.45, 7) is 3.46. The highest BCUT2D eigenvalue weighted by molar-refractivity contribution is 9.10. The van der Waals surface area contributed by atoms with Gasteiger partial charge in [0.25, 0.3) is 0 Å². The summed E-state index contributed by atoms with van der Waals surface area (Å²) < 4.78 is 26.5. The maximum Gasteiger partial charge on any atom is 0.162 e. The van der Waals surface area contributed by atoms with Crippen molar-refractivity contribution in [3.05, 3.63) is 57.8 Å². The van der Waals surface area contributed by atoms with Crippen LogP contribution in [0.1, 0.15) is 56.6 Å². The van der Waals surface area contributed by atoms with E-state index in [0.29, 0.717) is 29.7 Å². The number of nitrogens with one attached hydrogen (secondary N) is 1. The van der Waals surface area contributed by atoms with Crippen LogP contribution in [0.25, 0.3) is 0 Å². The first kappa shape index (κ1) is 21.1. The summed E-state index contributed by atoms with van der Waals surface area (Å²) in [6, 6.07) is 11.2. The van der Waals surface area contributed by atoms with Crippen molar-refractivity contribution in [1.29, 1.82) is 0 Å². The van der Waals surface area contributed by atoms with Gasteiger partial charge in [-0.05, 0) is 43.5 Å². The molecular formula is C23H29BrFNO2. The van der Waals surface area contributed by atoms with Gasteiger partial charge in [-0.2, -0.15) is 0 Å². The Morgan fingerprint density at radius 3 is 2.43 bits per heavy atom. The van der Waals surface area contributed by atoms with E-state index in [-0.39, 0.29) is 12.4 Å². The average Bonchev–Trinajstić information content (AvgIpc) is 2.97. The van der Waals surface area contributed by atoms with Crippen molar-refractivity contribution in [3.8, 4) is 11.5 Å². The van der Waals surface area contributed by atoms with Gasteiger partial charge in [-0.1, -0.05) is 59.8 Å². The molecule has 0 aliphatic heterocycles. The lowest BCUT2D eigenvalue weighted by Crippen LogP contribution is -2.28. The van der Waals surface area contributed by atoms with E-state index in [2.05, 4.69) is 21.2 Å². The van der Waals surface area contributed by atoms with Gasteiger partial charge in [-0.3, -0.25) is 0 Å². The Kier molecular flexibility index (Phi) is 8.16. The summed E-state index contributed by atoms with van der Waals surface area (Å²) in [6.07, 6.45) is 7.83. The molecule has 1 aliphatic carbocycles. The second kappa shape index (κ2) is 10.8. The van der Waals surface area contributed by atoms with Crippen LogP contribution in [-0.4, -0.2) is 12.6 Å². The molecule has 3 rings (SSSR count). The zero-order valence-corrected chi connectivity index (χ0v) is 18.1. The van der Waals surface area contributed by atoms with Gasteiger partial charge in [-0.15, -0.1) is 0 Å². The Hall–Kier alpha value is -1.59. The lowest BCUT2D eigenvalue weighted by atomic mass is 10.1. The Bertz CT molecular complexity index is 760. The van der Waals surface area contributed by atoms with E-state index in [9.17, 15) is 4.39 Å². The van der Waals surface area contributed by atoms with E-state index in [0.717, 1.165) is 16.6 Å². The molecule has 1 fully saturated rings. The molecule has 0 spiro atoms. The van der Waals surface area contributed by atoms with E-state index < -0.39 is 0 Å². The fourth-order valence-electron chi connectivity index (χ4n) is 3.60. The van der Waals surface area contributed by atoms with Gasteiger partial charge in [0.05, 0.1) is 6.61 Å². The third-order valence-corrected chi connectivity index (χ3v) is 5.93.